The van der Waals surface area contributed by atoms with Crippen molar-refractivity contribution < 1.29 is 9.53 Å². The van der Waals surface area contributed by atoms with Gasteiger partial charge in [-0.1, -0.05) is 19.1 Å². The molecule has 1 fully saturated rings. The van der Waals surface area contributed by atoms with Crippen molar-refractivity contribution in [3.63, 3.8) is 0 Å². The van der Waals surface area contributed by atoms with E-state index in [1.165, 1.54) is 0 Å². The summed E-state index contributed by atoms with van der Waals surface area (Å²) in [6, 6.07) is 6.98. The molecule has 0 amide bonds. The number of fused-ring (bicyclic) bond motifs is 1. The summed E-state index contributed by atoms with van der Waals surface area (Å²) in [5.41, 5.74) is 0.516. The van der Waals surface area contributed by atoms with E-state index < -0.39 is 0 Å². The Morgan fingerprint density at radius 2 is 2.19 bits per heavy atom. The molecule has 0 saturated carbocycles. The van der Waals surface area contributed by atoms with Crippen LogP contribution in [0.5, 0.6) is 0 Å². The van der Waals surface area contributed by atoms with E-state index in [1.807, 2.05) is 30.0 Å². The fourth-order valence-electron chi connectivity index (χ4n) is 2.66. The van der Waals surface area contributed by atoms with E-state index in [2.05, 4.69) is 9.97 Å². The van der Waals surface area contributed by atoms with Gasteiger partial charge < -0.3 is 9.72 Å². The van der Waals surface area contributed by atoms with Crippen LogP contribution in [-0.2, 0) is 16.1 Å². The van der Waals surface area contributed by atoms with Gasteiger partial charge in [-0.3, -0.25) is 14.5 Å². The van der Waals surface area contributed by atoms with E-state index in [4.69, 9.17) is 4.74 Å². The molecule has 1 aromatic carbocycles. The van der Waals surface area contributed by atoms with Crippen LogP contribution in [-0.4, -0.2) is 40.0 Å². The van der Waals surface area contributed by atoms with Gasteiger partial charge in [0.25, 0.3) is 5.56 Å². The second kappa shape index (κ2) is 5.65. The molecule has 6 nitrogen and oxygen atoms in total. The van der Waals surface area contributed by atoms with Crippen LogP contribution in [0.25, 0.3) is 10.9 Å². The fourth-order valence-corrected chi connectivity index (χ4v) is 2.66. The zero-order chi connectivity index (χ0) is 14.8. The standard InChI is InChI=1S/C15H17N3O3/c1-2-18(12-7-8-21-15(12)20)9-13-16-11-6-4-3-5-10(11)14(19)17-13/h3-6,12H,2,7-9H2,1H3,(H,16,17,19). The highest BCUT2D eigenvalue weighted by molar-refractivity contribution is 5.78. The summed E-state index contributed by atoms with van der Waals surface area (Å²) >= 11 is 0. The minimum absolute atomic E-state index is 0.152. The third-order valence-electron chi connectivity index (χ3n) is 3.77. The number of hydrogen-bond donors (Lipinski definition) is 1. The molecule has 6 heteroatoms. The van der Waals surface area contributed by atoms with Gasteiger partial charge in [-0.2, -0.15) is 0 Å². The molecule has 0 spiro atoms. The lowest BCUT2D eigenvalue weighted by atomic mass is 10.2. The van der Waals surface area contributed by atoms with Crippen LogP contribution in [0.2, 0.25) is 0 Å². The fraction of sp³-hybridized carbons (Fsp3) is 0.400. The van der Waals surface area contributed by atoms with Gasteiger partial charge >= 0.3 is 5.97 Å². The minimum Gasteiger partial charge on any atom is -0.464 e. The summed E-state index contributed by atoms with van der Waals surface area (Å²) in [7, 11) is 0. The van der Waals surface area contributed by atoms with Gasteiger partial charge in [0.05, 0.1) is 24.1 Å². The van der Waals surface area contributed by atoms with Crippen molar-refractivity contribution in [2.75, 3.05) is 13.2 Å². The second-order valence-corrected chi connectivity index (χ2v) is 5.06. The number of aromatic amines is 1. The highest BCUT2D eigenvalue weighted by Crippen LogP contribution is 2.16. The Hall–Kier alpha value is -2.21. The van der Waals surface area contributed by atoms with Crippen molar-refractivity contribution in [2.24, 2.45) is 0 Å². The van der Waals surface area contributed by atoms with Crippen LogP contribution in [0.15, 0.2) is 29.1 Å². The number of cyclic esters (lactones) is 1. The normalized spacial score (nSPS) is 18.4. The number of nitrogens with one attached hydrogen (secondary N) is 1. The molecule has 0 radical (unpaired) electrons. The Balaban J connectivity index is 1.89. The van der Waals surface area contributed by atoms with Gasteiger partial charge in [0, 0.05) is 6.42 Å². The van der Waals surface area contributed by atoms with E-state index in [9.17, 15) is 9.59 Å². The summed E-state index contributed by atoms with van der Waals surface area (Å²) in [6.07, 6.45) is 0.685. The lowest BCUT2D eigenvalue weighted by Gasteiger charge is -2.23. The SMILES string of the molecule is CCN(Cc1nc2ccccc2c(=O)[nH]1)C1CCOC1=O. The van der Waals surface area contributed by atoms with Gasteiger partial charge in [-0.25, -0.2) is 4.98 Å². The summed E-state index contributed by atoms with van der Waals surface area (Å²) in [5.74, 6) is 0.375. The lowest BCUT2D eigenvalue weighted by Crippen LogP contribution is -2.38. The Bertz CT molecular complexity index is 725. The third-order valence-corrected chi connectivity index (χ3v) is 3.77. The zero-order valence-corrected chi connectivity index (χ0v) is 11.8. The van der Waals surface area contributed by atoms with Crippen molar-refractivity contribution in [2.45, 2.75) is 25.9 Å². The lowest BCUT2D eigenvalue weighted by molar-refractivity contribution is -0.142. The number of aromatic nitrogens is 2. The molecule has 0 bridgehead atoms. The number of carbonyl (C=O) groups is 1. The van der Waals surface area contributed by atoms with Gasteiger partial charge in [0.15, 0.2) is 0 Å². The van der Waals surface area contributed by atoms with Gasteiger partial charge in [-0.05, 0) is 18.7 Å². The minimum atomic E-state index is -0.244. The predicted octanol–water partition coefficient (Wildman–Crippen LogP) is 1.06. The smallest absolute Gasteiger partial charge is 0.323 e. The maximum Gasteiger partial charge on any atom is 0.323 e. The second-order valence-electron chi connectivity index (χ2n) is 5.06. The Morgan fingerprint density at radius 3 is 2.90 bits per heavy atom. The van der Waals surface area contributed by atoms with Crippen LogP contribution < -0.4 is 5.56 Å². The summed E-state index contributed by atoms with van der Waals surface area (Å²) in [5, 5.41) is 0.574. The molecule has 1 unspecified atom stereocenters. The first kappa shape index (κ1) is 13.8. The first-order chi connectivity index (χ1) is 10.2. The average molecular weight is 287 g/mol. The van der Waals surface area contributed by atoms with Crippen LogP contribution in [0.3, 0.4) is 0 Å². The Kier molecular flexibility index (Phi) is 3.70. The summed E-state index contributed by atoms with van der Waals surface area (Å²) in [6.45, 7) is 3.55. The number of esters is 1. The van der Waals surface area contributed by atoms with E-state index in [1.54, 1.807) is 6.07 Å². The average Bonchev–Trinajstić information content (AvgIpc) is 2.91. The third kappa shape index (κ3) is 2.67. The van der Waals surface area contributed by atoms with Crippen molar-refractivity contribution in [3.8, 4) is 0 Å². The number of hydrogen-bond acceptors (Lipinski definition) is 5. The first-order valence-corrected chi connectivity index (χ1v) is 7.07. The van der Waals surface area contributed by atoms with Crippen LogP contribution in [0.4, 0.5) is 0 Å². The first-order valence-electron chi connectivity index (χ1n) is 7.07. The molecule has 1 N–H and O–H groups in total. The number of H-pyrrole nitrogens is 1. The number of nitrogens with zero attached hydrogens (tertiary/aromatic N) is 2. The molecule has 3 rings (SSSR count). The van der Waals surface area contributed by atoms with E-state index >= 15 is 0 Å². The molecule has 2 heterocycles. The molecule has 0 aliphatic carbocycles. The number of para-hydroxylation sites is 1. The Labute approximate surface area is 121 Å². The number of benzene rings is 1. The van der Waals surface area contributed by atoms with Crippen LogP contribution in [0, 0.1) is 0 Å². The number of rotatable bonds is 4. The Morgan fingerprint density at radius 1 is 1.38 bits per heavy atom. The van der Waals surface area contributed by atoms with Crippen molar-refractivity contribution >= 4 is 16.9 Å². The van der Waals surface area contributed by atoms with E-state index in [0.29, 0.717) is 42.8 Å². The number of carbonyl (C=O) groups excluding carboxylic acids is 1. The van der Waals surface area contributed by atoms with Crippen LogP contribution >= 0.6 is 0 Å². The van der Waals surface area contributed by atoms with Gasteiger partial charge in [0.1, 0.15) is 11.9 Å². The van der Waals surface area contributed by atoms with E-state index in [-0.39, 0.29) is 17.6 Å². The molecule has 110 valence electrons. The molecule has 1 atom stereocenters. The molecule has 2 aromatic rings. The molecule has 1 aromatic heterocycles. The molecule has 21 heavy (non-hydrogen) atoms. The predicted molar refractivity (Wildman–Crippen MR) is 77.8 cm³/mol. The van der Waals surface area contributed by atoms with Gasteiger partial charge in [-0.15, -0.1) is 0 Å². The monoisotopic (exact) mass is 287 g/mol. The van der Waals surface area contributed by atoms with Crippen molar-refractivity contribution in [1.82, 2.24) is 14.9 Å². The molecule has 1 aliphatic rings. The number of likely N-dealkylation sites (N-methyl/N-ethyl adjacent to an activating group) is 1. The van der Waals surface area contributed by atoms with Crippen LogP contribution in [0.1, 0.15) is 19.2 Å². The van der Waals surface area contributed by atoms with Crippen molar-refractivity contribution in [3.05, 3.63) is 40.4 Å². The van der Waals surface area contributed by atoms with E-state index in [0.717, 1.165) is 0 Å². The summed E-state index contributed by atoms with van der Waals surface area (Å²) in [4.78, 5) is 33.0. The highest BCUT2D eigenvalue weighted by atomic mass is 16.5. The molecule has 1 saturated heterocycles. The summed E-state index contributed by atoms with van der Waals surface area (Å²) < 4.78 is 5.01. The quantitative estimate of drug-likeness (QED) is 0.851. The van der Waals surface area contributed by atoms with Crippen molar-refractivity contribution in [1.29, 1.82) is 0 Å². The number of ether oxygens (including phenoxy) is 1. The van der Waals surface area contributed by atoms with Gasteiger partial charge in [0.2, 0.25) is 0 Å². The maximum absolute atomic E-state index is 12.0. The topological polar surface area (TPSA) is 75.3 Å². The molecule has 1 aliphatic heterocycles. The highest BCUT2D eigenvalue weighted by Gasteiger charge is 2.31. The maximum atomic E-state index is 12.0. The molecular weight excluding hydrogens is 270 g/mol. The largest absolute Gasteiger partial charge is 0.464 e. The molecular formula is C15H17N3O3. The zero-order valence-electron chi connectivity index (χ0n) is 11.8.